The number of carbonyl (C=O) groups excluding carboxylic acids is 1. The van der Waals surface area contributed by atoms with Gasteiger partial charge in [0.2, 0.25) is 0 Å². The lowest BCUT2D eigenvalue weighted by Gasteiger charge is -2.27. The van der Waals surface area contributed by atoms with Crippen LogP contribution in [0.5, 0.6) is 0 Å². The minimum absolute atomic E-state index is 0.206. The van der Waals surface area contributed by atoms with Crippen molar-refractivity contribution in [2.75, 3.05) is 50.1 Å². The molecular formula is C18H29N3O2. The van der Waals surface area contributed by atoms with Crippen molar-refractivity contribution in [2.45, 2.75) is 32.8 Å². The molecule has 1 aromatic carbocycles. The fraction of sp³-hybridized carbons (Fsp3) is 0.611. The minimum atomic E-state index is -0.439. The highest BCUT2D eigenvalue weighted by molar-refractivity contribution is 5.68. The van der Waals surface area contributed by atoms with Crippen molar-refractivity contribution >= 4 is 17.5 Å². The topological polar surface area (TPSA) is 36.0 Å². The van der Waals surface area contributed by atoms with Crippen molar-refractivity contribution in [2.24, 2.45) is 0 Å². The molecule has 0 saturated carbocycles. The van der Waals surface area contributed by atoms with Gasteiger partial charge in [-0.05, 0) is 51.5 Å². The molecule has 0 bridgehead atoms. The Labute approximate surface area is 139 Å². The second-order valence-electron chi connectivity index (χ2n) is 7.22. The maximum Gasteiger partial charge on any atom is 0.410 e. The zero-order valence-electron chi connectivity index (χ0n) is 15.0. The van der Waals surface area contributed by atoms with Crippen LogP contribution in [-0.4, -0.2) is 56.9 Å². The summed E-state index contributed by atoms with van der Waals surface area (Å²) in [6, 6.07) is 8.56. The van der Waals surface area contributed by atoms with E-state index in [-0.39, 0.29) is 6.09 Å². The van der Waals surface area contributed by atoms with Gasteiger partial charge in [-0.15, -0.1) is 0 Å². The normalized spacial score (nSPS) is 16.0. The van der Waals surface area contributed by atoms with Crippen molar-refractivity contribution in [3.8, 4) is 0 Å². The number of hydrogen-bond donors (Lipinski definition) is 0. The number of anilines is 2. The highest BCUT2D eigenvalue weighted by atomic mass is 16.6. The Morgan fingerprint density at radius 1 is 1.04 bits per heavy atom. The number of nitrogens with zero attached hydrogens (tertiary/aromatic N) is 3. The van der Waals surface area contributed by atoms with E-state index < -0.39 is 5.60 Å². The Morgan fingerprint density at radius 2 is 1.70 bits per heavy atom. The molecular weight excluding hydrogens is 290 g/mol. The van der Waals surface area contributed by atoms with Gasteiger partial charge in [-0.25, -0.2) is 4.79 Å². The molecule has 5 nitrogen and oxygen atoms in total. The summed E-state index contributed by atoms with van der Waals surface area (Å²) in [6.45, 7) is 8.96. The van der Waals surface area contributed by atoms with Gasteiger partial charge >= 0.3 is 6.09 Å². The highest BCUT2D eigenvalue weighted by Crippen LogP contribution is 2.21. The average Bonchev–Trinajstić information content (AvgIpc) is 2.71. The monoisotopic (exact) mass is 319 g/mol. The third-order valence-electron chi connectivity index (χ3n) is 3.88. The van der Waals surface area contributed by atoms with E-state index >= 15 is 0 Å². The van der Waals surface area contributed by atoms with Crippen molar-refractivity contribution < 1.29 is 9.53 Å². The van der Waals surface area contributed by atoms with E-state index in [1.165, 1.54) is 11.4 Å². The average molecular weight is 319 g/mol. The molecule has 5 heteroatoms. The number of hydrogen-bond acceptors (Lipinski definition) is 4. The Morgan fingerprint density at radius 3 is 2.26 bits per heavy atom. The van der Waals surface area contributed by atoms with E-state index in [0.29, 0.717) is 6.54 Å². The SMILES string of the molecule is CN(C)c1ccc(N2CCCN(C(=O)OC(C)(C)C)CC2)cc1. The number of carbonyl (C=O) groups is 1. The van der Waals surface area contributed by atoms with Crippen molar-refractivity contribution in [1.82, 2.24) is 4.90 Å². The summed E-state index contributed by atoms with van der Waals surface area (Å²) >= 11 is 0. The second-order valence-corrected chi connectivity index (χ2v) is 7.22. The second kappa shape index (κ2) is 7.11. The summed E-state index contributed by atoms with van der Waals surface area (Å²) in [5, 5.41) is 0. The van der Waals surface area contributed by atoms with Crippen LogP contribution in [0, 0.1) is 0 Å². The zero-order valence-corrected chi connectivity index (χ0v) is 15.0. The molecule has 0 radical (unpaired) electrons. The van der Waals surface area contributed by atoms with Crippen molar-refractivity contribution in [3.05, 3.63) is 24.3 Å². The molecule has 1 fully saturated rings. The third kappa shape index (κ3) is 5.05. The fourth-order valence-electron chi connectivity index (χ4n) is 2.65. The van der Waals surface area contributed by atoms with Crippen LogP contribution >= 0.6 is 0 Å². The van der Waals surface area contributed by atoms with E-state index in [2.05, 4.69) is 34.1 Å². The van der Waals surface area contributed by atoms with E-state index in [4.69, 9.17) is 4.74 Å². The first-order valence-electron chi connectivity index (χ1n) is 8.26. The quantitative estimate of drug-likeness (QED) is 0.839. The molecule has 1 aliphatic rings. The molecule has 1 amide bonds. The molecule has 1 heterocycles. The molecule has 128 valence electrons. The molecule has 1 saturated heterocycles. The first-order chi connectivity index (χ1) is 10.8. The van der Waals surface area contributed by atoms with Crippen molar-refractivity contribution in [3.63, 3.8) is 0 Å². The number of rotatable bonds is 2. The van der Waals surface area contributed by atoms with Crippen LogP contribution in [0.15, 0.2) is 24.3 Å². The summed E-state index contributed by atoms with van der Waals surface area (Å²) in [5.74, 6) is 0. The van der Waals surface area contributed by atoms with Crippen LogP contribution in [0.3, 0.4) is 0 Å². The Hall–Kier alpha value is -1.91. The number of benzene rings is 1. The standard InChI is InChI=1S/C18H29N3O2/c1-18(2,3)23-17(22)21-12-6-11-20(13-14-21)16-9-7-15(8-10-16)19(4)5/h7-10H,6,11-14H2,1-5H3. The molecule has 0 atom stereocenters. The van der Waals surface area contributed by atoms with Gasteiger partial charge in [0.25, 0.3) is 0 Å². The van der Waals surface area contributed by atoms with Crippen LogP contribution < -0.4 is 9.80 Å². The maximum absolute atomic E-state index is 12.2. The molecule has 0 unspecified atom stereocenters. The van der Waals surface area contributed by atoms with Gasteiger partial charge in [0.1, 0.15) is 5.60 Å². The summed E-state index contributed by atoms with van der Waals surface area (Å²) in [6.07, 6.45) is 0.747. The van der Waals surface area contributed by atoms with Crippen LogP contribution in [0.25, 0.3) is 0 Å². The summed E-state index contributed by atoms with van der Waals surface area (Å²) < 4.78 is 5.48. The van der Waals surface area contributed by atoms with E-state index in [0.717, 1.165) is 26.1 Å². The summed E-state index contributed by atoms with van der Waals surface area (Å²) in [4.78, 5) is 18.5. The predicted octanol–water partition coefficient (Wildman–Crippen LogP) is 3.20. The van der Waals surface area contributed by atoms with E-state index in [1.54, 1.807) is 0 Å². The molecule has 1 aliphatic heterocycles. The van der Waals surface area contributed by atoms with Gasteiger partial charge in [0, 0.05) is 51.6 Å². The highest BCUT2D eigenvalue weighted by Gasteiger charge is 2.24. The summed E-state index contributed by atoms with van der Waals surface area (Å²) in [5.41, 5.74) is 1.96. The van der Waals surface area contributed by atoms with Crippen molar-refractivity contribution in [1.29, 1.82) is 0 Å². The van der Waals surface area contributed by atoms with Gasteiger partial charge in [-0.3, -0.25) is 0 Å². The molecule has 0 aromatic heterocycles. The van der Waals surface area contributed by atoms with Crippen LogP contribution in [-0.2, 0) is 4.74 Å². The first kappa shape index (κ1) is 17.4. The minimum Gasteiger partial charge on any atom is -0.444 e. The van der Waals surface area contributed by atoms with Crippen LogP contribution in [0.4, 0.5) is 16.2 Å². The summed E-state index contributed by atoms with van der Waals surface area (Å²) in [7, 11) is 4.08. The lowest BCUT2D eigenvalue weighted by molar-refractivity contribution is 0.0263. The lowest BCUT2D eigenvalue weighted by atomic mass is 10.2. The largest absolute Gasteiger partial charge is 0.444 e. The van der Waals surface area contributed by atoms with Gasteiger partial charge < -0.3 is 19.4 Å². The van der Waals surface area contributed by atoms with Crippen LogP contribution in [0.1, 0.15) is 27.2 Å². The molecule has 23 heavy (non-hydrogen) atoms. The Bertz CT molecular complexity index is 520. The maximum atomic E-state index is 12.2. The molecule has 0 aliphatic carbocycles. The smallest absolute Gasteiger partial charge is 0.410 e. The molecule has 1 aromatic rings. The molecule has 0 spiro atoms. The van der Waals surface area contributed by atoms with Gasteiger partial charge in [0.15, 0.2) is 0 Å². The number of ether oxygens (including phenoxy) is 1. The molecule has 0 N–H and O–H groups in total. The van der Waals surface area contributed by atoms with Gasteiger partial charge in [0.05, 0.1) is 0 Å². The Kier molecular flexibility index (Phi) is 5.39. The molecule has 2 rings (SSSR count). The predicted molar refractivity (Wildman–Crippen MR) is 95.4 cm³/mol. The van der Waals surface area contributed by atoms with Crippen LogP contribution in [0.2, 0.25) is 0 Å². The first-order valence-corrected chi connectivity index (χ1v) is 8.26. The van der Waals surface area contributed by atoms with E-state index in [1.807, 2.05) is 39.8 Å². The number of amides is 1. The third-order valence-corrected chi connectivity index (χ3v) is 3.88. The van der Waals surface area contributed by atoms with E-state index in [9.17, 15) is 4.79 Å². The lowest BCUT2D eigenvalue weighted by Crippen LogP contribution is -2.39. The zero-order chi connectivity index (χ0) is 17.0. The fourth-order valence-corrected chi connectivity index (χ4v) is 2.65. The van der Waals surface area contributed by atoms with Gasteiger partial charge in [-0.1, -0.05) is 0 Å². The van der Waals surface area contributed by atoms with Gasteiger partial charge in [-0.2, -0.15) is 0 Å². The Balaban J connectivity index is 1.97.